The van der Waals surface area contributed by atoms with E-state index in [0.717, 1.165) is 19.3 Å². The molecule has 6 nitrogen and oxygen atoms in total. The van der Waals surface area contributed by atoms with Gasteiger partial charge < -0.3 is 5.11 Å². The minimum Gasteiger partial charge on any atom is -0.481 e. The van der Waals surface area contributed by atoms with Crippen LogP contribution in [0.5, 0.6) is 0 Å². The van der Waals surface area contributed by atoms with Crippen LogP contribution < -0.4 is 4.72 Å². The van der Waals surface area contributed by atoms with Crippen molar-refractivity contribution in [3.05, 3.63) is 0 Å². The molecule has 1 saturated carbocycles. The van der Waals surface area contributed by atoms with E-state index in [1.54, 1.807) is 6.07 Å². The third-order valence-electron chi connectivity index (χ3n) is 3.30. The van der Waals surface area contributed by atoms with E-state index < -0.39 is 33.2 Å². The van der Waals surface area contributed by atoms with E-state index in [9.17, 15) is 13.2 Å². The zero-order valence-corrected chi connectivity index (χ0v) is 11.1. The predicted molar refractivity (Wildman–Crippen MR) is 65.1 cm³/mol. The predicted octanol–water partition coefficient (Wildman–Crippen LogP) is 0.851. The summed E-state index contributed by atoms with van der Waals surface area (Å²) in [7, 11) is -3.77. The van der Waals surface area contributed by atoms with Gasteiger partial charge in [0.15, 0.2) is 5.25 Å². The summed E-state index contributed by atoms with van der Waals surface area (Å²) >= 11 is 0. The van der Waals surface area contributed by atoms with E-state index in [1.165, 1.54) is 6.92 Å². The van der Waals surface area contributed by atoms with E-state index >= 15 is 0 Å². The summed E-state index contributed by atoms with van der Waals surface area (Å²) in [6.45, 7) is 1.29. The average Bonchev–Trinajstić information content (AvgIpc) is 2.52. The first kappa shape index (κ1) is 14.9. The molecule has 0 aromatic rings. The van der Waals surface area contributed by atoms with Crippen LogP contribution in [0.2, 0.25) is 0 Å². The fraction of sp³-hybridized carbons (Fsp3) is 0.818. The van der Waals surface area contributed by atoms with Crippen molar-refractivity contribution < 1.29 is 18.3 Å². The Hall–Kier alpha value is -1.13. The Labute approximate surface area is 107 Å². The number of sulfonamides is 1. The van der Waals surface area contributed by atoms with Crippen LogP contribution in [-0.4, -0.2) is 30.8 Å². The van der Waals surface area contributed by atoms with Gasteiger partial charge in [-0.3, -0.25) is 4.79 Å². The van der Waals surface area contributed by atoms with Crippen molar-refractivity contribution >= 4 is 16.0 Å². The van der Waals surface area contributed by atoms with Crippen LogP contribution >= 0.6 is 0 Å². The van der Waals surface area contributed by atoms with Crippen molar-refractivity contribution in [1.29, 1.82) is 5.26 Å². The molecule has 2 N–H and O–H groups in total. The summed E-state index contributed by atoms with van der Waals surface area (Å²) in [6.07, 6.45) is 3.49. The summed E-state index contributed by atoms with van der Waals surface area (Å²) in [5.74, 6) is -1.68. The van der Waals surface area contributed by atoms with Crippen LogP contribution in [0.1, 0.15) is 39.0 Å². The molecule has 3 atom stereocenters. The van der Waals surface area contributed by atoms with Crippen LogP contribution in [-0.2, 0) is 14.8 Å². The number of carboxylic acid groups (broad SMARTS) is 1. The molecule has 18 heavy (non-hydrogen) atoms. The molecule has 0 amide bonds. The number of nitrogens with zero attached hydrogens (tertiary/aromatic N) is 1. The molecule has 0 spiro atoms. The number of rotatable bonds is 4. The Morgan fingerprint density at radius 3 is 2.56 bits per heavy atom. The largest absolute Gasteiger partial charge is 0.481 e. The first-order valence-electron chi connectivity index (χ1n) is 6.02. The molecule has 0 bridgehead atoms. The van der Waals surface area contributed by atoms with E-state index in [4.69, 9.17) is 10.4 Å². The Balaban J connectivity index is 2.85. The first-order chi connectivity index (χ1) is 8.38. The van der Waals surface area contributed by atoms with Crippen molar-refractivity contribution in [1.82, 2.24) is 4.72 Å². The third-order valence-corrected chi connectivity index (χ3v) is 4.96. The molecule has 7 heteroatoms. The highest BCUT2D eigenvalue weighted by Gasteiger charge is 2.34. The maximum Gasteiger partial charge on any atom is 0.308 e. The van der Waals surface area contributed by atoms with E-state index in [1.807, 2.05) is 0 Å². The number of carbonyl (C=O) groups is 1. The van der Waals surface area contributed by atoms with Crippen LogP contribution in [0.4, 0.5) is 0 Å². The second-order valence-corrected chi connectivity index (χ2v) is 6.66. The molecular formula is C11H18N2O4S. The van der Waals surface area contributed by atoms with Crippen molar-refractivity contribution in [2.24, 2.45) is 5.92 Å². The Morgan fingerprint density at radius 2 is 2.00 bits per heavy atom. The fourth-order valence-electron chi connectivity index (χ4n) is 2.13. The van der Waals surface area contributed by atoms with Crippen LogP contribution in [0.3, 0.4) is 0 Å². The van der Waals surface area contributed by atoms with Gasteiger partial charge in [0.05, 0.1) is 12.0 Å². The zero-order chi connectivity index (χ0) is 13.8. The van der Waals surface area contributed by atoms with Crippen molar-refractivity contribution in [3.63, 3.8) is 0 Å². The van der Waals surface area contributed by atoms with Crippen LogP contribution in [0, 0.1) is 17.2 Å². The SMILES string of the molecule is CC(C#N)S(=O)(=O)NC1CCCCCC1C(=O)O. The van der Waals surface area contributed by atoms with Gasteiger partial charge in [0.25, 0.3) is 0 Å². The van der Waals surface area contributed by atoms with Gasteiger partial charge in [0.1, 0.15) is 0 Å². The monoisotopic (exact) mass is 274 g/mol. The molecule has 0 aromatic heterocycles. The summed E-state index contributed by atoms with van der Waals surface area (Å²) in [5.41, 5.74) is 0. The Morgan fingerprint density at radius 1 is 1.39 bits per heavy atom. The number of hydrogen-bond donors (Lipinski definition) is 2. The van der Waals surface area contributed by atoms with Gasteiger partial charge in [-0.25, -0.2) is 13.1 Å². The number of carboxylic acids is 1. The van der Waals surface area contributed by atoms with Crippen molar-refractivity contribution in [2.75, 3.05) is 0 Å². The molecule has 0 radical (unpaired) electrons. The molecule has 1 aliphatic carbocycles. The molecule has 1 rings (SSSR count). The van der Waals surface area contributed by atoms with Gasteiger partial charge >= 0.3 is 5.97 Å². The van der Waals surface area contributed by atoms with Crippen LogP contribution in [0.25, 0.3) is 0 Å². The van der Waals surface area contributed by atoms with E-state index in [0.29, 0.717) is 12.8 Å². The standard InChI is InChI=1S/C11H18N2O4S/c1-8(7-12)18(16,17)13-10-6-4-2-3-5-9(10)11(14)15/h8-10,13H,2-6H2,1H3,(H,14,15). The molecular weight excluding hydrogens is 256 g/mol. The third kappa shape index (κ3) is 3.68. The van der Waals surface area contributed by atoms with Gasteiger partial charge in [-0.1, -0.05) is 19.3 Å². The lowest BCUT2D eigenvalue weighted by Gasteiger charge is -2.23. The highest BCUT2D eigenvalue weighted by molar-refractivity contribution is 7.90. The number of nitriles is 1. The minimum atomic E-state index is -3.77. The summed E-state index contributed by atoms with van der Waals surface area (Å²) in [4.78, 5) is 11.1. The molecule has 1 fully saturated rings. The normalized spacial score (nSPS) is 26.9. The fourth-order valence-corrected chi connectivity index (χ4v) is 3.17. The molecule has 3 unspecified atom stereocenters. The van der Waals surface area contributed by atoms with Crippen molar-refractivity contribution in [2.45, 2.75) is 50.3 Å². The maximum absolute atomic E-state index is 11.8. The summed E-state index contributed by atoms with van der Waals surface area (Å²) in [6, 6.07) is 1.05. The van der Waals surface area contributed by atoms with E-state index in [2.05, 4.69) is 4.72 Å². The van der Waals surface area contributed by atoms with Gasteiger partial charge in [0, 0.05) is 6.04 Å². The lowest BCUT2D eigenvalue weighted by atomic mass is 9.96. The number of hydrogen-bond acceptors (Lipinski definition) is 4. The van der Waals surface area contributed by atoms with Crippen LogP contribution in [0.15, 0.2) is 0 Å². The highest BCUT2D eigenvalue weighted by atomic mass is 32.2. The first-order valence-corrected chi connectivity index (χ1v) is 7.56. The summed E-state index contributed by atoms with van der Waals surface area (Å²) in [5, 5.41) is 16.6. The second kappa shape index (κ2) is 6.16. The quantitative estimate of drug-likeness (QED) is 0.739. The lowest BCUT2D eigenvalue weighted by Crippen LogP contribution is -2.45. The number of nitrogens with one attached hydrogen (secondary N) is 1. The lowest BCUT2D eigenvalue weighted by molar-refractivity contribution is -0.142. The second-order valence-electron chi connectivity index (χ2n) is 4.62. The molecule has 0 aromatic carbocycles. The molecule has 0 saturated heterocycles. The average molecular weight is 274 g/mol. The van der Waals surface area contributed by atoms with Gasteiger partial charge in [-0.15, -0.1) is 0 Å². The van der Waals surface area contributed by atoms with Crippen molar-refractivity contribution in [3.8, 4) is 6.07 Å². The van der Waals surface area contributed by atoms with Gasteiger partial charge in [0.2, 0.25) is 10.0 Å². The zero-order valence-electron chi connectivity index (χ0n) is 10.3. The minimum absolute atomic E-state index is 0.476. The molecule has 1 aliphatic rings. The Bertz CT molecular complexity index is 440. The highest BCUT2D eigenvalue weighted by Crippen LogP contribution is 2.24. The molecule has 0 aliphatic heterocycles. The van der Waals surface area contributed by atoms with Gasteiger partial charge in [-0.2, -0.15) is 5.26 Å². The topological polar surface area (TPSA) is 107 Å². The Kier molecular flexibility index (Phi) is 5.11. The molecule has 0 heterocycles. The summed E-state index contributed by atoms with van der Waals surface area (Å²) < 4.78 is 26.0. The smallest absolute Gasteiger partial charge is 0.308 e. The number of aliphatic carboxylic acids is 1. The van der Waals surface area contributed by atoms with E-state index in [-0.39, 0.29) is 0 Å². The molecule has 102 valence electrons. The maximum atomic E-state index is 11.8. The van der Waals surface area contributed by atoms with Gasteiger partial charge in [-0.05, 0) is 19.8 Å².